The van der Waals surface area contributed by atoms with E-state index in [1.807, 2.05) is 0 Å². The first-order valence-corrected chi connectivity index (χ1v) is 6.60. The molecule has 3 aliphatic carbocycles. The van der Waals surface area contributed by atoms with E-state index >= 15 is 0 Å². The van der Waals surface area contributed by atoms with E-state index in [0.717, 1.165) is 17.4 Å². The molecule has 3 fully saturated rings. The van der Waals surface area contributed by atoms with Gasteiger partial charge in [0, 0.05) is 6.04 Å². The molecule has 0 atom stereocenters. The van der Waals surface area contributed by atoms with E-state index < -0.39 is 0 Å². The normalized spacial score (nSPS) is 31.7. The van der Waals surface area contributed by atoms with Crippen LogP contribution in [0, 0.1) is 11.3 Å². The molecule has 1 nitrogen and oxygen atoms in total. The Kier molecular flexibility index (Phi) is 2.31. The summed E-state index contributed by atoms with van der Waals surface area (Å²) in [5, 5.41) is 3.68. The van der Waals surface area contributed by atoms with Crippen LogP contribution in [0.25, 0.3) is 0 Å². The third kappa shape index (κ3) is 1.84. The minimum absolute atomic E-state index is 0.841. The van der Waals surface area contributed by atoms with Crippen molar-refractivity contribution in [2.24, 2.45) is 11.3 Å². The topological polar surface area (TPSA) is 12.0 Å². The number of nitrogens with one attached hydrogen (secondary N) is 1. The van der Waals surface area contributed by atoms with Gasteiger partial charge in [-0.2, -0.15) is 0 Å². The summed E-state index contributed by atoms with van der Waals surface area (Å²) in [6, 6.07) is 0.915. The monoisotopic (exact) mass is 193 g/mol. The third-order valence-corrected chi connectivity index (χ3v) is 4.63. The van der Waals surface area contributed by atoms with Crippen LogP contribution in [0.3, 0.4) is 0 Å². The maximum absolute atomic E-state index is 3.68. The van der Waals surface area contributed by atoms with Crippen molar-refractivity contribution in [3.05, 3.63) is 0 Å². The molecule has 0 aromatic rings. The van der Waals surface area contributed by atoms with Crippen molar-refractivity contribution >= 4 is 0 Å². The van der Waals surface area contributed by atoms with E-state index in [9.17, 15) is 0 Å². The molecule has 0 saturated heterocycles. The summed E-state index contributed by atoms with van der Waals surface area (Å²) in [6.07, 6.45) is 13.6. The van der Waals surface area contributed by atoms with Crippen molar-refractivity contribution in [3.8, 4) is 0 Å². The van der Waals surface area contributed by atoms with Crippen LogP contribution in [0.2, 0.25) is 0 Å². The first kappa shape index (κ1) is 9.21. The highest BCUT2D eigenvalue weighted by atomic mass is 14.9. The molecule has 0 aromatic carbocycles. The SMILES string of the molecule is C1CCC2(CC1)CC(CNC1CC1)C2. The molecule has 3 rings (SSSR count). The lowest BCUT2D eigenvalue weighted by molar-refractivity contribution is 0.0152. The summed E-state index contributed by atoms with van der Waals surface area (Å²) in [7, 11) is 0. The second-order valence-corrected chi connectivity index (χ2v) is 6.02. The molecule has 0 radical (unpaired) electrons. The van der Waals surface area contributed by atoms with Crippen LogP contribution in [0.5, 0.6) is 0 Å². The van der Waals surface area contributed by atoms with Gasteiger partial charge in [0.25, 0.3) is 0 Å². The average Bonchev–Trinajstić information content (AvgIpc) is 2.96. The summed E-state index contributed by atoms with van der Waals surface area (Å²) in [5.74, 6) is 1.04. The molecule has 80 valence electrons. The van der Waals surface area contributed by atoms with Gasteiger partial charge in [-0.3, -0.25) is 0 Å². The highest BCUT2D eigenvalue weighted by molar-refractivity contribution is 4.96. The maximum atomic E-state index is 3.68. The molecular weight excluding hydrogens is 170 g/mol. The Balaban J connectivity index is 1.40. The Labute approximate surface area is 87.7 Å². The van der Waals surface area contributed by atoms with Gasteiger partial charge in [0.15, 0.2) is 0 Å². The first-order valence-electron chi connectivity index (χ1n) is 6.60. The highest BCUT2D eigenvalue weighted by Crippen LogP contribution is 2.54. The van der Waals surface area contributed by atoms with Crippen LogP contribution >= 0.6 is 0 Å². The fourth-order valence-corrected chi connectivity index (χ4v) is 3.64. The van der Waals surface area contributed by atoms with E-state index in [1.165, 1.54) is 38.6 Å². The van der Waals surface area contributed by atoms with Crippen LogP contribution in [-0.2, 0) is 0 Å². The summed E-state index contributed by atoms with van der Waals surface area (Å²) in [6.45, 7) is 1.33. The molecule has 0 aliphatic heterocycles. The average molecular weight is 193 g/mol. The molecule has 1 heteroatoms. The fourth-order valence-electron chi connectivity index (χ4n) is 3.64. The molecular formula is C13H23N. The summed E-state index contributed by atoms with van der Waals surface area (Å²) in [5.41, 5.74) is 0.841. The zero-order valence-electron chi connectivity index (χ0n) is 9.23. The summed E-state index contributed by atoms with van der Waals surface area (Å²) >= 11 is 0. The lowest BCUT2D eigenvalue weighted by Gasteiger charge is -2.50. The van der Waals surface area contributed by atoms with Gasteiger partial charge in [-0.1, -0.05) is 19.3 Å². The van der Waals surface area contributed by atoms with E-state index in [4.69, 9.17) is 0 Å². The molecule has 1 spiro atoms. The largest absolute Gasteiger partial charge is 0.314 e. The van der Waals surface area contributed by atoms with Gasteiger partial charge >= 0.3 is 0 Å². The molecule has 0 heterocycles. The second kappa shape index (κ2) is 3.52. The molecule has 0 amide bonds. The molecule has 3 saturated carbocycles. The lowest BCUT2D eigenvalue weighted by atomic mass is 9.56. The highest BCUT2D eigenvalue weighted by Gasteiger charge is 2.44. The van der Waals surface area contributed by atoms with Crippen molar-refractivity contribution in [1.29, 1.82) is 0 Å². The van der Waals surface area contributed by atoms with Crippen LogP contribution < -0.4 is 5.32 Å². The summed E-state index contributed by atoms with van der Waals surface area (Å²) < 4.78 is 0. The second-order valence-electron chi connectivity index (χ2n) is 6.02. The van der Waals surface area contributed by atoms with E-state index in [1.54, 1.807) is 25.7 Å². The Hall–Kier alpha value is -0.0400. The van der Waals surface area contributed by atoms with E-state index in [-0.39, 0.29) is 0 Å². The van der Waals surface area contributed by atoms with Crippen LogP contribution in [-0.4, -0.2) is 12.6 Å². The Morgan fingerprint density at radius 2 is 1.71 bits per heavy atom. The van der Waals surface area contributed by atoms with Crippen LogP contribution in [0.1, 0.15) is 57.8 Å². The van der Waals surface area contributed by atoms with Gasteiger partial charge in [0.05, 0.1) is 0 Å². The smallest absolute Gasteiger partial charge is 0.00683 e. The van der Waals surface area contributed by atoms with Gasteiger partial charge in [-0.05, 0) is 56.4 Å². The molecule has 1 N–H and O–H groups in total. The fraction of sp³-hybridized carbons (Fsp3) is 1.00. The lowest BCUT2D eigenvalue weighted by Crippen LogP contribution is -2.43. The quantitative estimate of drug-likeness (QED) is 0.726. The Bertz CT molecular complexity index is 193. The third-order valence-electron chi connectivity index (χ3n) is 4.63. The Morgan fingerprint density at radius 1 is 1.00 bits per heavy atom. The van der Waals surface area contributed by atoms with E-state index in [0.29, 0.717) is 0 Å². The molecule has 0 aromatic heterocycles. The van der Waals surface area contributed by atoms with Crippen LogP contribution in [0.4, 0.5) is 0 Å². The molecule has 0 unspecified atom stereocenters. The van der Waals surface area contributed by atoms with Gasteiger partial charge in [-0.25, -0.2) is 0 Å². The van der Waals surface area contributed by atoms with Crippen molar-refractivity contribution in [3.63, 3.8) is 0 Å². The molecule has 14 heavy (non-hydrogen) atoms. The first-order chi connectivity index (χ1) is 6.86. The predicted molar refractivity (Wildman–Crippen MR) is 59.3 cm³/mol. The van der Waals surface area contributed by atoms with Gasteiger partial charge < -0.3 is 5.32 Å². The number of hydrogen-bond donors (Lipinski definition) is 1. The van der Waals surface area contributed by atoms with Crippen molar-refractivity contribution < 1.29 is 0 Å². The minimum Gasteiger partial charge on any atom is -0.314 e. The standard InChI is InChI=1S/C13H23N/c1-2-6-13(7-3-1)8-11(9-13)10-14-12-4-5-12/h11-12,14H,1-10H2. The predicted octanol–water partition coefficient (Wildman–Crippen LogP) is 3.10. The maximum Gasteiger partial charge on any atom is 0.00683 e. The number of rotatable bonds is 3. The summed E-state index contributed by atoms with van der Waals surface area (Å²) in [4.78, 5) is 0. The zero-order chi connectivity index (χ0) is 9.43. The van der Waals surface area contributed by atoms with E-state index in [2.05, 4.69) is 5.32 Å². The van der Waals surface area contributed by atoms with Crippen LogP contribution in [0.15, 0.2) is 0 Å². The zero-order valence-corrected chi connectivity index (χ0v) is 9.23. The van der Waals surface area contributed by atoms with Gasteiger partial charge in [0.1, 0.15) is 0 Å². The van der Waals surface area contributed by atoms with Crippen molar-refractivity contribution in [2.45, 2.75) is 63.8 Å². The number of hydrogen-bond acceptors (Lipinski definition) is 1. The Morgan fingerprint density at radius 3 is 2.36 bits per heavy atom. The van der Waals surface area contributed by atoms with Crippen molar-refractivity contribution in [2.75, 3.05) is 6.54 Å². The molecule has 3 aliphatic rings. The van der Waals surface area contributed by atoms with Gasteiger partial charge in [0.2, 0.25) is 0 Å². The molecule has 0 bridgehead atoms. The van der Waals surface area contributed by atoms with Gasteiger partial charge in [-0.15, -0.1) is 0 Å². The minimum atomic E-state index is 0.841. The van der Waals surface area contributed by atoms with Crippen molar-refractivity contribution in [1.82, 2.24) is 5.32 Å².